The molecule has 0 bridgehead atoms. The Balaban J connectivity index is 0.00000200. The molecule has 1 unspecified atom stereocenters. The van der Waals surface area contributed by atoms with Crippen molar-refractivity contribution >= 4 is 17.0 Å². The number of aliphatic hydroxyl groups excluding tert-OH is 1. The van der Waals surface area contributed by atoms with Gasteiger partial charge < -0.3 is 10.0 Å². The highest BCUT2D eigenvalue weighted by atomic mass is 79.9. The lowest BCUT2D eigenvalue weighted by Gasteiger charge is -2.35. The Morgan fingerprint density at radius 1 is 1.20 bits per heavy atom. The minimum absolute atomic E-state index is 0. The highest BCUT2D eigenvalue weighted by Gasteiger charge is 2.24. The van der Waals surface area contributed by atoms with E-state index in [4.69, 9.17) is 0 Å². The molecule has 1 N–H and O–H groups in total. The quantitative estimate of drug-likeness (QED) is 0.851. The Morgan fingerprint density at radius 2 is 1.90 bits per heavy atom. The van der Waals surface area contributed by atoms with E-state index in [1.165, 1.54) is 43.5 Å². The maximum atomic E-state index is 9.43. The Bertz CT molecular complexity index is 402. The molecule has 2 nitrogen and oxygen atoms in total. The lowest BCUT2D eigenvalue weighted by molar-refractivity contribution is 0.179. The number of aliphatic hydroxyl groups is 1. The van der Waals surface area contributed by atoms with E-state index in [0.717, 1.165) is 18.4 Å². The summed E-state index contributed by atoms with van der Waals surface area (Å²) in [6.07, 6.45) is 5.99. The SMILES string of the molecule is Br.CCCN(CCC)C1CCc2c(CO)cccc2C1. The zero-order valence-electron chi connectivity index (χ0n) is 12.8. The third-order valence-corrected chi connectivity index (χ3v) is 4.26. The molecule has 1 aromatic rings. The van der Waals surface area contributed by atoms with E-state index in [2.05, 4.69) is 36.9 Å². The van der Waals surface area contributed by atoms with Gasteiger partial charge in [-0.3, -0.25) is 0 Å². The summed E-state index contributed by atoms with van der Waals surface area (Å²) in [4.78, 5) is 2.66. The van der Waals surface area contributed by atoms with Gasteiger partial charge in [-0.15, -0.1) is 17.0 Å². The summed E-state index contributed by atoms with van der Waals surface area (Å²) < 4.78 is 0. The average Bonchev–Trinajstić information content (AvgIpc) is 2.45. The number of halogens is 1. The van der Waals surface area contributed by atoms with Crippen molar-refractivity contribution in [2.45, 2.75) is 58.6 Å². The second kappa shape index (κ2) is 8.81. The van der Waals surface area contributed by atoms with Gasteiger partial charge in [0.2, 0.25) is 0 Å². The molecule has 20 heavy (non-hydrogen) atoms. The predicted molar refractivity (Wildman–Crippen MR) is 90.7 cm³/mol. The van der Waals surface area contributed by atoms with Crippen LogP contribution < -0.4 is 0 Å². The van der Waals surface area contributed by atoms with E-state index in [0.29, 0.717) is 6.04 Å². The van der Waals surface area contributed by atoms with Crippen LogP contribution in [0.15, 0.2) is 18.2 Å². The number of benzene rings is 1. The van der Waals surface area contributed by atoms with Gasteiger partial charge in [-0.05, 0) is 61.9 Å². The summed E-state index contributed by atoms with van der Waals surface area (Å²) >= 11 is 0. The van der Waals surface area contributed by atoms with Crippen LogP contribution in [0.5, 0.6) is 0 Å². The van der Waals surface area contributed by atoms with Crippen molar-refractivity contribution < 1.29 is 5.11 Å². The van der Waals surface area contributed by atoms with E-state index < -0.39 is 0 Å². The predicted octanol–water partition coefficient (Wildman–Crippen LogP) is 3.74. The van der Waals surface area contributed by atoms with Crippen LogP contribution in [0.3, 0.4) is 0 Å². The van der Waals surface area contributed by atoms with Crippen LogP contribution in [0.1, 0.15) is 49.8 Å². The Morgan fingerprint density at radius 3 is 2.50 bits per heavy atom. The number of fused-ring (bicyclic) bond motifs is 1. The Kier molecular flexibility index (Phi) is 7.78. The fourth-order valence-electron chi connectivity index (χ4n) is 3.38. The molecule has 0 heterocycles. The normalized spacial score (nSPS) is 17.7. The molecule has 0 fully saturated rings. The smallest absolute Gasteiger partial charge is 0.0684 e. The molecular weight excluding hydrogens is 314 g/mol. The molecule has 0 aliphatic heterocycles. The van der Waals surface area contributed by atoms with E-state index in [-0.39, 0.29) is 23.6 Å². The fourth-order valence-corrected chi connectivity index (χ4v) is 3.38. The first-order valence-corrected chi connectivity index (χ1v) is 7.74. The molecule has 1 aromatic carbocycles. The molecule has 0 radical (unpaired) electrons. The van der Waals surface area contributed by atoms with Crippen LogP contribution in [-0.2, 0) is 19.4 Å². The number of nitrogens with zero attached hydrogens (tertiary/aromatic N) is 1. The van der Waals surface area contributed by atoms with Gasteiger partial charge in [-0.1, -0.05) is 32.0 Å². The second-order valence-electron chi connectivity index (χ2n) is 5.65. The average molecular weight is 342 g/mol. The summed E-state index contributed by atoms with van der Waals surface area (Å²) in [5.41, 5.74) is 4.00. The van der Waals surface area contributed by atoms with Gasteiger partial charge >= 0.3 is 0 Å². The molecule has 114 valence electrons. The Hall–Kier alpha value is -0.380. The standard InChI is InChI=1S/C17H27NO.BrH/c1-3-10-18(11-4-2)16-8-9-17-14(12-16)6-5-7-15(17)13-19;/h5-7,16,19H,3-4,8-13H2,1-2H3;1H. The summed E-state index contributed by atoms with van der Waals surface area (Å²) in [6, 6.07) is 7.10. The van der Waals surface area contributed by atoms with Gasteiger partial charge in [0.1, 0.15) is 0 Å². The molecular formula is C17H28BrNO. The first-order chi connectivity index (χ1) is 9.30. The maximum absolute atomic E-state index is 9.43. The number of rotatable bonds is 6. The summed E-state index contributed by atoms with van der Waals surface area (Å²) in [7, 11) is 0. The van der Waals surface area contributed by atoms with Crippen molar-refractivity contribution in [3.8, 4) is 0 Å². The second-order valence-corrected chi connectivity index (χ2v) is 5.65. The van der Waals surface area contributed by atoms with Crippen LogP contribution in [0.2, 0.25) is 0 Å². The van der Waals surface area contributed by atoms with Crippen LogP contribution >= 0.6 is 17.0 Å². The van der Waals surface area contributed by atoms with Crippen molar-refractivity contribution in [3.05, 3.63) is 34.9 Å². The lowest BCUT2D eigenvalue weighted by atomic mass is 9.85. The molecule has 0 spiro atoms. The van der Waals surface area contributed by atoms with Gasteiger partial charge in [0, 0.05) is 6.04 Å². The third kappa shape index (κ3) is 4.06. The molecule has 1 atom stereocenters. The zero-order valence-corrected chi connectivity index (χ0v) is 14.5. The first-order valence-electron chi connectivity index (χ1n) is 7.74. The van der Waals surface area contributed by atoms with Crippen LogP contribution in [0.4, 0.5) is 0 Å². The maximum Gasteiger partial charge on any atom is 0.0684 e. The summed E-state index contributed by atoms with van der Waals surface area (Å²) in [5.74, 6) is 0. The van der Waals surface area contributed by atoms with Crippen LogP contribution in [0.25, 0.3) is 0 Å². The molecule has 1 aliphatic rings. The van der Waals surface area contributed by atoms with Crippen molar-refractivity contribution in [1.29, 1.82) is 0 Å². The third-order valence-electron chi connectivity index (χ3n) is 4.26. The topological polar surface area (TPSA) is 23.5 Å². The van der Waals surface area contributed by atoms with Gasteiger partial charge in [-0.2, -0.15) is 0 Å². The largest absolute Gasteiger partial charge is 0.392 e. The monoisotopic (exact) mass is 341 g/mol. The van der Waals surface area contributed by atoms with E-state index in [9.17, 15) is 5.11 Å². The molecule has 0 saturated heterocycles. The van der Waals surface area contributed by atoms with Crippen LogP contribution in [0, 0.1) is 0 Å². The molecule has 1 aliphatic carbocycles. The lowest BCUT2D eigenvalue weighted by Crippen LogP contribution is -2.40. The molecule has 0 amide bonds. The van der Waals surface area contributed by atoms with Gasteiger partial charge in [0.25, 0.3) is 0 Å². The summed E-state index contributed by atoms with van der Waals surface area (Å²) in [6.45, 7) is 7.15. The van der Waals surface area contributed by atoms with Crippen molar-refractivity contribution in [2.75, 3.05) is 13.1 Å². The van der Waals surface area contributed by atoms with Crippen molar-refractivity contribution in [1.82, 2.24) is 4.90 Å². The number of hydrogen-bond acceptors (Lipinski definition) is 2. The zero-order chi connectivity index (χ0) is 13.7. The number of hydrogen-bond donors (Lipinski definition) is 1. The van der Waals surface area contributed by atoms with Gasteiger partial charge in [0.05, 0.1) is 6.61 Å². The van der Waals surface area contributed by atoms with Gasteiger partial charge in [0.15, 0.2) is 0 Å². The molecule has 0 saturated carbocycles. The molecule has 3 heteroatoms. The van der Waals surface area contributed by atoms with Crippen molar-refractivity contribution in [3.63, 3.8) is 0 Å². The van der Waals surface area contributed by atoms with E-state index in [1.807, 2.05) is 0 Å². The van der Waals surface area contributed by atoms with E-state index >= 15 is 0 Å². The minimum Gasteiger partial charge on any atom is -0.392 e. The van der Waals surface area contributed by atoms with Crippen molar-refractivity contribution in [2.24, 2.45) is 0 Å². The highest BCUT2D eigenvalue weighted by molar-refractivity contribution is 8.93. The highest BCUT2D eigenvalue weighted by Crippen LogP contribution is 2.27. The summed E-state index contributed by atoms with van der Waals surface area (Å²) in [5, 5.41) is 9.43. The molecule has 2 rings (SSSR count). The van der Waals surface area contributed by atoms with Gasteiger partial charge in [-0.25, -0.2) is 0 Å². The Labute approximate surface area is 134 Å². The minimum atomic E-state index is 0. The first kappa shape index (κ1) is 17.7. The van der Waals surface area contributed by atoms with Crippen LogP contribution in [-0.4, -0.2) is 29.1 Å². The molecule has 0 aromatic heterocycles. The fraction of sp³-hybridized carbons (Fsp3) is 0.647. The van der Waals surface area contributed by atoms with E-state index in [1.54, 1.807) is 0 Å².